The number of unbranched alkanes of at least 4 members (excludes halogenated alkanes) is 6. The van der Waals surface area contributed by atoms with Crippen LogP contribution in [0.5, 0.6) is 5.75 Å². The van der Waals surface area contributed by atoms with Crippen LogP contribution in [0.2, 0.25) is 0 Å². The molecule has 6 nitrogen and oxygen atoms in total. The van der Waals surface area contributed by atoms with Crippen molar-refractivity contribution in [2.75, 3.05) is 26.3 Å². The van der Waals surface area contributed by atoms with Crippen LogP contribution in [-0.2, 0) is 17.8 Å². The zero-order chi connectivity index (χ0) is 22.9. The summed E-state index contributed by atoms with van der Waals surface area (Å²) in [6.07, 6.45) is 11.5. The van der Waals surface area contributed by atoms with Crippen LogP contribution in [0, 0.1) is 0 Å². The molecule has 1 atom stereocenters. The van der Waals surface area contributed by atoms with Gasteiger partial charge in [0.05, 0.1) is 12.7 Å². The van der Waals surface area contributed by atoms with E-state index in [0.717, 1.165) is 58.3 Å². The molecule has 0 fully saturated rings. The number of pyridine rings is 1. The van der Waals surface area contributed by atoms with Crippen molar-refractivity contribution in [1.82, 2.24) is 10.3 Å². The van der Waals surface area contributed by atoms with Gasteiger partial charge in [0.25, 0.3) is 0 Å². The molecule has 0 aliphatic carbocycles. The first-order chi connectivity index (χ1) is 15.7. The summed E-state index contributed by atoms with van der Waals surface area (Å²) in [5, 5.41) is 32.3. The third-order valence-electron chi connectivity index (χ3n) is 5.59. The van der Waals surface area contributed by atoms with E-state index < -0.39 is 6.10 Å². The van der Waals surface area contributed by atoms with Gasteiger partial charge in [-0.2, -0.15) is 0 Å². The summed E-state index contributed by atoms with van der Waals surface area (Å²) < 4.78 is 5.74. The number of aromatic nitrogens is 1. The lowest BCUT2D eigenvalue weighted by atomic mass is 10.1. The van der Waals surface area contributed by atoms with Gasteiger partial charge in [0.2, 0.25) is 0 Å². The summed E-state index contributed by atoms with van der Waals surface area (Å²) in [7, 11) is 0. The Morgan fingerprint density at radius 3 is 2.38 bits per heavy atom. The van der Waals surface area contributed by atoms with Crippen molar-refractivity contribution in [1.29, 1.82) is 0 Å². The number of hydrogen-bond donors (Lipinski definition) is 4. The molecule has 178 valence electrons. The smallest absolute Gasteiger partial charge is 0.121 e. The Balaban J connectivity index is 1.34. The summed E-state index contributed by atoms with van der Waals surface area (Å²) in [6, 6.07) is 10.9. The van der Waals surface area contributed by atoms with Crippen molar-refractivity contribution in [2.24, 2.45) is 0 Å². The standard InChI is InChI=1S/C26H40N2O4/c29-21-23-19-22(13-14-25(23)30)26(31)20-27-15-7-2-4-10-18-32-17-9-3-1-5-11-24-12-6-8-16-28-24/h6,8,12-14,16,19,26-27,29-31H,1-5,7,9-11,15,17-18,20-21H2. The number of aromatic hydroxyl groups is 1. The van der Waals surface area contributed by atoms with Crippen LogP contribution in [-0.4, -0.2) is 46.6 Å². The van der Waals surface area contributed by atoms with Gasteiger partial charge < -0.3 is 25.4 Å². The molecule has 0 radical (unpaired) electrons. The number of benzene rings is 1. The van der Waals surface area contributed by atoms with Gasteiger partial charge in [-0.15, -0.1) is 0 Å². The maximum absolute atomic E-state index is 10.2. The number of aliphatic hydroxyl groups is 2. The Labute approximate surface area is 192 Å². The lowest BCUT2D eigenvalue weighted by molar-refractivity contribution is 0.125. The molecule has 4 N–H and O–H groups in total. The van der Waals surface area contributed by atoms with E-state index in [9.17, 15) is 15.3 Å². The second-order valence-electron chi connectivity index (χ2n) is 8.28. The molecule has 2 rings (SSSR count). The number of nitrogens with zero attached hydrogens (tertiary/aromatic N) is 1. The second-order valence-corrected chi connectivity index (χ2v) is 8.28. The van der Waals surface area contributed by atoms with Crippen LogP contribution in [0.4, 0.5) is 0 Å². The van der Waals surface area contributed by atoms with Gasteiger partial charge in [0.15, 0.2) is 0 Å². The molecule has 0 aliphatic rings. The Kier molecular flexibility index (Phi) is 13.6. The van der Waals surface area contributed by atoms with E-state index >= 15 is 0 Å². The number of phenols is 1. The molecule has 0 aliphatic heterocycles. The van der Waals surface area contributed by atoms with Gasteiger partial charge in [-0.3, -0.25) is 4.98 Å². The first kappa shape index (κ1) is 26.3. The molecule has 0 bridgehead atoms. The molecule has 1 aromatic carbocycles. The Morgan fingerprint density at radius 1 is 0.906 bits per heavy atom. The van der Waals surface area contributed by atoms with E-state index in [1.807, 2.05) is 18.3 Å². The van der Waals surface area contributed by atoms with Crippen LogP contribution in [0.25, 0.3) is 0 Å². The molecular weight excluding hydrogens is 404 g/mol. The molecular formula is C26H40N2O4. The number of aryl methyl sites for hydroxylation is 1. The van der Waals surface area contributed by atoms with Gasteiger partial charge in [-0.25, -0.2) is 0 Å². The molecule has 2 aromatic rings. The topological polar surface area (TPSA) is 94.8 Å². The predicted octanol–water partition coefficient (Wildman–Crippen LogP) is 4.28. The average Bonchev–Trinajstić information content (AvgIpc) is 2.82. The monoisotopic (exact) mass is 444 g/mol. The number of aliphatic hydroxyl groups excluding tert-OH is 2. The highest BCUT2D eigenvalue weighted by Crippen LogP contribution is 2.22. The quantitative estimate of drug-likeness (QED) is 0.256. The molecule has 1 aromatic heterocycles. The van der Waals surface area contributed by atoms with Crippen LogP contribution in [0.15, 0.2) is 42.6 Å². The molecule has 6 heteroatoms. The van der Waals surface area contributed by atoms with Crippen LogP contribution < -0.4 is 5.32 Å². The van der Waals surface area contributed by atoms with E-state index in [1.54, 1.807) is 12.1 Å². The lowest BCUT2D eigenvalue weighted by Crippen LogP contribution is -2.22. The van der Waals surface area contributed by atoms with Gasteiger partial charge in [-0.1, -0.05) is 37.8 Å². The fourth-order valence-corrected chi connectivity index (χ4v) is 3.62. The number of hydrogen-bond acceptors (Lipinski definition) is 6. The maximum Gasteiger partial charge on any atom is 0.121 e. The first-order valence-electron chi connectivity index (χ1n) is 12.0. The molecule has 32 heavy (non-hydrogen) atoms. The number of ether oxygens (including phenoxy) is 1. The highest BCUT2D eigenvalue weighted by molar-refractivity contribution is 5.36. The summed E-state index contributed by atoms with van der Waals surface area (Å²) in [6.45, 7) is 2.78. The third-order valence-corrected chi connectivity index (χ3v) is 5.59. The minimum atomic E-state index is -0.649. The van der Waals surface area contributed by atoms with Crippen LogP contribution >= 0.6 is 0 Å². The predicted molar refractivity (Wildman–Crippen MR) is 128 cm³/mol. The molecule has 0 spiro atoms. The molecule has 1 heterocycles. The zero-order valence-corrected chi connectivity index (χ0v) is 19.2. The van der Waals surface area contributed by atoms with Gasteiger partial charge >= 0.3 is 0 Å². The Bertz CT molecular complexity index is 727. The lowest BCUT2D eigenvalue weighted by Gasteiger charge is -2.14. The minimum Gasteiger partial charge on any atom is -0.508 e. The average molecular weight is 445 g/mol. The van der Waals surface area contributed by atoms with Crippen molar-refractivity contribution >= 4 is 0 Å². The fraction of sp³-hybridized carbons (Fsp3) is 0.577. The third kappa shape index (κ3) is 11.0. The summed E-state index contributed by atoms with van der Waals surface area (Å²) in [5.74, 6) is 0.0528. The SMILES string of the molecule is OCc1cc(C(O)CNCCCCCCOCCCCCCc2ccccn2)ccc1O. The van der Waals surface area contributed by atoms with Crippen molar-refractivity contribution in [2.45, 2.75) is 70.5 Å². The summed E-state index contributed by atoms with van der Waals surface area (Å²) in [4.78, 5) is 4.35. The van der Waals surface area contributed by atoms with Gasteiger partial charge in [-0.05, 0) is 68.5 Å². The normalized spacial score (nSPS) is 12.2. The second kappa shape index (κ2) is 16.6. The van der Waals surface area contributed by atoms with E-state index in [0.29, 0.717) is 17.7 Å². The number of nitrogens with one attached hydrogen (secondary N) is 1. The Morgan fingerprint density at radius 2 is 1.66 bits per heavy atom. The summed E-state index contributed by atoms with van der Waals surface area (Å²) in [5.41, 5.74) is 2.32. The first-order valence-corrected chi connectivity index (χ1v) is 12.0. The van der Waals surface area contributed by atoms with E-state index in [4.69, 9.17) is 4.74 Å². The number of rotatable bonds is 18. The van der Waals surface area contributed by atoms with Crippen molar-refractivity contribution in [3.8, 4) is 5.75 Å². The van der Waals surface area contributed by atoms with Crippen LogP contribution in [0.3, 0.4) is 0 Å². The highest BCUT2D eigenvalue weighted by Gasteiger charge is 2.09. The van der Waals surface area contributed by atoms with Crippen molar-refractivity contribution in [3.05, 3.63) is 59.4 Å². The van der Waals surface area contributed by atoms with E-state index in [2.05, 4.69) is 16.4 Å². The van der Waals surface area contributed by atoms with Crippen LogP contribution in [0.1, 0.15) is 74.3 Å². The largest absolute Gasteiger partial charge is 0.508 e. The van der Waals surface area contributed by atoms with Crippen molar-refractivity contribution < 1.29 is 20.1 Å². The molecule has 0 saturated carbocycles. The van der Waals surface area contributed by atoms with Crippen molar-refractivity contribution in [3.63, 3.8) is 0 Å². The highest BCUT2D eigenvalue weighted by atomic mass is 16.5. The summed E-state index contributed by atoms with van der Waals surface area (Å²) >= 11 is 0. The fourth-order valence-electron chi connectivity index (χ4n) is 3.62. The molecule has 0 saturated heterocycles. The minimum absolute atomic E-state index is 0.0528. The van der Waals surface area contributed by atoms with E-state index in [1.165, 1.54) is 31.0 Å². The Hall–Kier alpha value is -1.99. The van der Waals surface area contributed by atoms with E-state index in [-0.39, 0.29) is 12.4 Å². The van der Waals surface area contributed by atoms with Gasteiger partial charge in [0, 0.05) is 37.2 Å². The molecule has 0 amide bonds. The van der Waals surface area contributed by atoms with Gasteiger partial charge in [0.1, 0.15) is 5.75 Å². The molecule has 1 unspecified atom stereocenters. The maximum atomic E-state index is 10.2. The zero-order valence-electron chi connectivity index (χ0n) is 19.2.